The second-order valence-electron chi connectivity index (χ2n) is 6.01. The van der Waals surface area contributed by atoms with Gasteiger partial charge in [0.05, 0.1) is 12.0 Å². The number of fused-ring (bicyclic) bond motifs is 1. The van der Waals surface area contributed by atoms with E-state index in [2.05, 4.69) is 26.2 Å². The number of aromatic nitrogens is 4. The van der Waals surface area contributed by atoms with Gasteiger partial charge in [-0.25, -0.2) is 19.3 Å². The van der Waals surface area contributed by atoms with Crippen LogP contribution in [-0.4, -0.2) is 25.6 Å². The van der Waals surface area contributed by atoms with Gasteiger partial charge >= 0.3 is 0 Å². The first kappa shape index (κ1) is 16.4. The van der Waals surface area contributed by atoms with Crippen molar-refractivity contribution in [2.45, 2.75) is 31.7 Å². The molecule has 2 aromatic heterocycles. The highest BCUT2D eigenvalue weighted by Crippen LogP contribution is 2.31. The number of nitrogens with two attached hydrogens (primary N) is 1. The Morgan fingerprint density at radius 3 is 3.00 bits per heavy atom. The first-order valence-corrected chi connectivity index (χ1v) is 8.24. The molecule has 1 aliphatic rings. The molecule has 4 rings (SSSR count). The summed E-state index contributed by atoms with van der Waals surface area (Å²) in [5.74, 6) is 2.62. The van der Waals surface area contributed by atoms with Crippen molar-refractivity contribution in [3.05, 3.63) is 42.2 Å². The van der Waals surface area contributed by atoms with E-state index < -0.39 is 5.82 Å². The first-order chi connectivity index (χ1) is 12.7. The smallest absolute Gasteiger partial charge is 0.167 e. The third kappa shape index (κ3) is 2.87. The number of hydrogen-bond donors (Lipinski definition) is 2. The lowest BCUT2D eigenvalue weighted by atomic mass is 10.2. The van der Waals surface area contributed by atoms with Crippen molar-refractivity contribution < 1.29 is 9.13 Å². The molecule has 3 aromatic rings. The van der Waals surface area contributed by atoms with Crippen molar-refractivity contribution in [1.82, 2.24) is 19.5 Å². The number of ether oxygens (including phenoxy) is 1. The number of anilines is 2. The van der Waals surface area contributed by atoms with Gasteiger partial charge in [-0.3, -0.25) is 4.57 Å². The van der Waals surface area contributed by atoms with E-state index in [1.165, 1.54) is 12.4 Å². The van der Waals surface area contributed by atoms with Crippen LogP contribution < -0.4 is 11.1 Å². The Bertz CT molecular complexity index is 995. The maximum Gasteiger partial charge on any atom is 0.167 e. The van der Waals surface area contributed by atoms with Crippen molar-refractivity contribution in [2.24, 2.45) is 5.73 Å². The van der Waals surface area contributed by atoms with E-state index in [1.54, 1.807) is 18.5 Å². The van der Waals surface area contributed by atoms with E-state index in [0.29, 0.717) is 23.5 Å². The average Bonchev–Trinajstić information content (AvgIpc) is 3.30. The number of benzene rings is 1. The number of imidazole rings is 1. The van der Waals surface area contributed by atoms with E-state index in [0.717, 1.165) is 18.4 Å². The lowest BCUT2D eigenvalue weighted by Gasteiger charge is -2.13. The van der Waals surface area contributed by atoms with Crippen molar-refractivity contribution in [1.29, 1.82) is 0 Å². The summed E-state index contributed by atoms with van der Waals surface area (Å²) in [6.45, 7) is 0.318. The minimum absolute atomic E-state index is 0.204. The summed E-state index contributed by atoms with van der Waals surface area (Å²) < 4.78 is 21.7. The summed E-state index contributed by atoms with van der Waals surface area (Å²) in [5, 5.41) is 2.98. The third-order valence-corrected chi connectivity index (χ3v) is 4.37. The summed E-state index contributed by atoms with van der Waals surface area (Å²) in [6.07, 6.45) is 9.61. The maximum absolute atomic E-state index is 14.1. The first-order valence-electron chi connectivity index (χ1n) is 8.24. The molecule has 26 heavy (non-hydrogen) atoms. The molecule has 0 spiro atoms. The number of halogens is 1. The highest BCUT2D eigenvalue weighted by molar-refractivity contribution is 5.85. The highest BCUT2D eigenvalue weighted by Gasteiger charge is 2.27. The number of rotatable bonds is 4. The van der Waals surface area contributed by atoms with E-state index in [4.69, 9.17) is 16.9 Å². The van der Waals surface area contributed by atoms with Crippen LogP contribution in [0.25, 0.3) is 11.2 Å². The molecule has 1 saturated heterocycles. The van der Waals surface area contributed by atoms with Gasteiger partial charge in [0.25, 0.3) is 0 Å². The molecule has 1 fully saturated rings. The van der Waals surface area contributed by atoms with Crippen LogP contribution in [0.1, 0.15) is 24.6 Å². The number of nitrogens with zero attached hydrogens (tertiary/aromatic N) is 4. The lowest BCUT2D eigenvalue weighted by molar-refractivity contribution is 0.0300. The Balaban J connectivity index is 1.69. The molecule has 0 aliphatic carbocycles. The Morgan fingerprint density at radius 2 is 2.23 bits per heavy atom. The van der Waals surface area contributed by atoms with Gasteiger partial charge in [-0.05, 0) is 30.5 Å². The van der Waals surface area contributed by atoms with E-state index in [1.807, 2.05) is 4.57 Å². The van der Waals surface area contributed by atoms with Crippen LogP contribution >= 0.6 is 0 Å². The quantitative estimate of drug-likeness (QED) is 0.701. The van der Waals surface area contributed by atoms with Crippen LogP contribution in [0.15, 0.2) is 30.9 Å². The molecule has 8 heteroatoms. The molecule has 132 valence electrons. The standard InChI is InChI=1S/C18H17FN6O/c1-2-12-4-6-15(26-12)25-10-23-16-17(21-9-22-18(16)25)24-14-7-11(8-20)3-5-13(14)19/h1,3,5,7,9-10,12,15H,4,6,8,20H2,(H,21,22,24). The van der Waals surface area contributed by atoms with E-state index in [-0.39, 0.29) is 18.0 Å². The van der Waals surface area contributed by atoms with Gasteiger partial charge in [-0.1, -0.05) is 12.0 Å². The van der Waals surface area contributed by atoms with Crippen molar-refractivity contribution in [3.8, 4) is 12.3 Å². The molecule has 7 nitrogen and oxygen atoms in total. The highest BCUT2D eigenvalue weighted by atomic mass is 19.1. The summed E-state index contributed by atoms with van der Waals surface area (Å²) in [7, 11) is 0. The maximum atomic E-state index is 14.1. The normalized spacial score (nSPS) is 19.6. The Labute approximate surface area is 149 Å². The molecular formula is C18H17FN6O. The SMILES string of the molecule is C#CC1CCC(n2cnc3c(Nc4cc(CN)ccc4F)ncnc32)O1. The molecule has 1 aliphatic heterocycles. The molecule has 0 saturated carbocycles. The molecule has 3 N–H and O–H groups in total. The van der Waals surface area contributed by atoms with Crippen LogP contribution in [0.4, 0.5) is 15.9 Å². The summed E-state index contributed by atoms with van der Waals surface area (Å²) >= 11 is 0. The molecule has 2 unspecified atom stereocenters. The molecule has 2 atom stereocenters. The van der Waals surface area contributed by atoms with Crippen LogP contribution in [0.2, 0.25) is 0 Å². The van der Waals surface area contributed by atoms with E-state index in [9.17, 15) is 4.39 Å². The van der Waals surface area contributed by atoms with Crippen molar-refractivity contribution >= 4 is 22.7 Å². The zero-order valence-corrected chi connectivity index (χ0v) is 13.9. The molecular weight excluding hydrogens is 335 g/mol. The van der Waals surface area contributed by atoms with Crippen molar-refractivity contribution in [3.63, 3.8) is 0 Å². The van der Waals surface area contributed by atoms with Gasteiger partial charge in [0, 0.05) is 6.54 Å². The zero-order valence-electron chi connectivity index (χ0n) is 13.9. The molecule has 3 heterocycles. The Hall–Kier alpha value is -3.02. The average molecular weight is 352 g/mol. The van der Waals surface area contributed by atoms with Crippen LogP contribution in [0.5, 0.6) is 0 Å². The second kappa shape index (κ2) is 6.71. The van der Waals surface area contributed by atoms with Gasteiger partial charge in [-0.2, -0.15) is 0 Å². The predicted octanol–water partition coefficient (Wildman–Crippen LogP) is 2.48. The van der Waals surface area contributed by atoms with Gasteiger partial charge in [0.15, 0.2) is 17.0 Å². The number of hydrogen-bond acceptors (Lipinski definition) is 6. The van der Waals surface area contributed by atoms with Gasteiger partial charge < -0.3 is 15.8 Å². The fourth-order valence-electron chi connectivity index (χ4n) is 3.02. The molecule has 1 aromatic carbocycles. The van der Waals surface area contributed by atoms with Crippen LogP contribution in [0.3, 0.4) is 0 Å². The number of nitrogens with one attached hydrogen (secondary N) is 1. The molecule has 0 bridgehead atoms. The Kier molecular flexibility index (Phi) is 4.24. The fourth-order valence-corrected chi connectivity index (χ4v) is 3.02. The minimum Gasteiger partial charge on any atom is -0.342 e. The van der Waals surface area contributed by atoms with Gasteiger partial charge in [-0.15, -0.1) is 6.42 Å². The van der Waals surface area contributed by atoms with Gasteiger partial charge in [0.1, 0.15) is 24.5 Å². The third-order valence-electron chi connectivity index (χ3n) is 4.37. The Morgan fingerprint density at radius 1 is 1.35 bits per heavy atom. The fraction of sp³-hybridized carbons (Fsp3) is 0.278. The molecule has 0 radical (unpaired) electrons. The summed E-state index contributed by atoms with van der Waals surface area (Å²) in [4.78, 5) is 12.9. The predicted molar refractivity (Wildman–Crippen MR) is 94.9 cm³/mol. The van der Waals surface area contributed by atoms with Crippen LogP contribution in [0, 0.1) is 18.2 Å². The number of terminal acetylenes is 1. The topological polar surface area (TPSA) is 90.9 Å². The lowest BCUT2D eigenvalue weighted by Crippen LogP contribution is -2.10. The summed E-state index contributed by atoms with van der Waals surface area (Å²) in [6, 6.07) is 4.66. The van der Waals surface area contributed by atoms with E-state index >= 15 is 0 Å². The van der Waals surface area contributed by atoms with Crippen molar-refractivity contribution in [2.75, 3.05) is 5.32 Å². The summed E-state index contributed by atoms with van der Waals surface area (Å²) in [5.41, 5.74) is 7.85. The minimum atomic E-state index is -0.399. The van der Waals surface area contributed by atoms with Gasteiger partial charge in [0.2, 0.25) is 0 Å². The zero-order chi connectivity index (χ0) is 18.1. The molecule has 0 amide bonds. The second-order valence-corrected chi connectivity index (χ2v) is 6.01. The largest absolute Gasteiger partial charge is 0.342 e. The monoisotopic (exact) mass is 352 g/mol. The van der Waals surface area contributed by atoms with Crippen LogP contribution in [-0.2, 0) is 11.3 Å².